The molecule has 1 unspecified atom stereocenters. The molecule has 0 heterocycles. The summed E-state index contributed by atoms with van der Waals surface area (Å²) in [6.45, 7) is 22.5. The minimum Gasteiger partial charge on any atom is -0.393 e. The van der Waals surface area contributed by atoms with Crippen LogP contribution >= 0.6 is 0 Å². The van der Waals surface area contributed by atoms with Crippen LogP contribution in [0.1, 0.15) is 120 Å². The van der Waals surface area contributed by atoms with Gasteiger partial charge in [0.25, 0.3) is 0 Å². The zero-order valence-corrected chi connectivity index (χ0v) is 22.9. The summed E-state index contributed by atoms with van der Waals surface area (Å²) in [6, 6.07) is 0. The van der Waals surface area contributed by atoms with Gasteiger partial charge in [0.05, 0.1) is 6.10 Å². The molecule has 0 radical (unpaired) electrons. The van der Waals surface area contributed by atoms with Gasteiger partial charge >= 0.3 is 0 Å². The van der Waals surface area contributed by atoms with Gasteiger partial charge < -0.3 is 5.11 Å². The molecule has 32 heavy (non-hydrogen) atoms. The number of aliphatic hydroxyl groups is 1. The Balaban J connectivity index is 1.60. The molecule has 0 aromatic heterocycles. The van der Waals surface area contributed by atoms with E-state index >= 15 is 0 Å². The van der Waals surface area contributed by atoms with Crippen LogP contribution in [-0.2, 0) is 0 Å². The molecule has 0 amide bonds. The average Bonchev–Trinajstić information content (AvgIpc) is 3.00. The van der Waals surface area contributed by atoms with Crippen molar-refractivity contribution in [3.8, 4) is 0 Å². The highest BCUT2D eigenvalue weighted by Gasteiger charge is 2.65. The summed E-state index contributed by atoms with van der Waals surface area (Å²) in [7, 11) is 0. The van der Waals surface area contributed by atoms with E-state index in [-0.39, 0.29) is 11.5 Å². The van der Waals surface area contributed by atoms with Crippen LogP contribution in [0.25, 0.3) is 0 Å². The van der Waals surface area contributed by atoms with E-state index in [9.17, 15) is 5.11 Å². The van der Waals surface area contributed by atoms with Crippen LogP contribution in [0.2, 0.25) is 0 Å². The number of allylic oxidation sites excluding steroid dienone is 2. The van der Waals surface area contributed by atoms with E-state index in [0.717, 1.165) is 36.0 Å². The van der Waals surface area contributed by atoms with Crippen molar-refractivity contribution in [2.24, 2.45) is 57.2 Å². The second-order valence-corrected chi connectivity index (χ2v) is 14.6. The third-order valence-corrected chi connectivity index (χ3v) is 12.8. The summed E-state index contributed by atoms with van der Waals surface area (Å²) in [4.78, 5) is 0. The number of rotatable bonds is 5. The fourth-order valence-electron chi connectivity index (χ4n) is 9.73. The van der Waals surface area contributed by atoms with Gasteiger partial charge in [0.2, 0.25) is 0 Å². The van der Waals surface area contributed by atoms with Gasteiger partial charge in [-0.1, -0.05) is 86.8 Å². The van der Waals surface area contributed by atoms with Crippen LogP contribution in [0.15, 0.2) is 11.6 Å². The van der Waals surface area contributed by atoms with Gasteiger partial charge in [-0.3, -0.25) is 0 Å². The largest absolute Gasteiger partial charge is 0.393 e. The Hall–Kier alpha value is -0.300. The maximum absolute atomic E-state index is 10.8. The molecular weight excluding hydrogens is 388 g/mol. The van der Waals surface area contributed by atoms with E-state index < -0.39 is 0 Å². The molecule has 4 aliphatic carbocycles. The lowest BCUT2D eigenvalue weighted by Crippen LogP contribution is -2.57. The number of hydrogen-bond acceptors (Lipinski definition) is 1. The third-order valence-electron chi connectivity index (χ3n) is 12.8. The summed E-state index contributed by atoms with van der Waals surface area (Å²) >= 11 is 0. The zero-order chi connectivity index (χ0) is 23.7. The standard InChI is InChI=1S/C31H54O/c1-20(2)21(3)10-11-22(4)23-14-18-31(9)25-12-13-26-28(5,6)27(32)16-17-29(26,7)24(25)15-19-30(23,31)8/h15,20-23,25-27,32H,10-14,16-19H2,1-9H3/t21?,22-,23-,25-,26+,27+,29-,30-,31+/m1/s1. The van der Waals surface area contributed by atoms with E-state index in [2.05, 4.69) is 68.4 Å². The molecule has 9 atom stereocenters. The lowest BCUT2D eigenvalue weighted by atomic mass is 9.41. The predicted octanol–water partition coefficient (Wildman–Crippen LogP) is 8.66. The quantitative estimate of drug-likeness (QED) is 0.422. The highest BCUT2D eigenvalue weighted by atomic mass is 16.3. The van der Waals surface area contributed by atoms with E-state index in [1.807, 2.05) is 5.57 Å². The Labute approximate surface area is 200 Å². The van der Waals surface area contributed by atoms with Crippen LogP contribution in [0.3, 0.4) is 0 Å². The second kappa shape index (κ2) is 8.13. The first-order valence-electron chi connectivity index (χ1n) is 14.2. The Morgan fingerprint density at radius 2 is 1.56 bits per heavy atom. The average molecular weight is 443 g/mol. The molecule has 1 N–H and O–H groups in total. The number of aliphatic hydroxyl groups excluding tert-OH is 1. The van der Waals surface area contributed by atoms with Crippen LogP contribution in [0, 0.1) is 57.2 Å². The summed E-state index contributed by atoms with van der Waals surface area (Å²) in [6.07, 6.45) is 14.4. The molecule has 3 saturated carbocycles. The first-order valence-corrected chi connectivity index (χ1v) is 14.2. The molecule has 4 rings (SSSR count). The van der Waals surface area contributed by atoms with E-state index in [1.165, 1.54) is 51.4 Å². The lowest BCUT2D eigenvalue weighted by Gasteiger charge is -2.64. The highest BCUT2D eigenvalue weighted by Crippen LogP contribution is 2.73. The molecule has 1 heteroatoms. The van der Waals surface area contributed by atoms with Crippen molar-refractivity contribution in [1.29, 1.82) is 0 Å². The first kappa shape index (κ1) is 24.8. The predicted molar refractivity (Wildman–Crippen MR) is 137 cm³/mol. The van der Waals surface area contributed by atoms with Gasteiger partial charge in [0.1, 0.15) is 0 Å². The summed E-state index contributed by atoms with van der Waals surface area (Å²) in [5.41, 5.74) is 3.06. The Bertz CT molecular complexity index is 733. The molecule has 4 aliphatic rings. The molecular formula is C31H54O. The topological polar surface area (TPSA) is 20.2 Å². The van der Waals surface area contributed by atoms with E-state index in [4.69, 9.17) is 0 Å². The molecule has 3 fully saturated rings. The Morgan fingerprint density at radius 1 is 0.875 bits per heavy atom. The zero-order valence-electron chi connectivity index (χ0n) is 22.9. The fraction of sp³-hybridized carbons (Fsp3) is 0.935. The monoisotopic (exact) mass is 442 g/mol. The van der Waals surface area contributed by atoms with Gasteiger partial charge in [-0.05, 0) is 102 Å². The minimum atomic E-state index is -0.132. The van der Waals surface area contributed by atoms with Crippen molar-refractivity contribution in [2.75, 3.05) is 0 Å². The molecule has 0 aromatic rings. The Kier molecular flexibility index (Phi) is 6.31. The summed E-state index contributed by atoms with van der Waals surface area (Å²) in [5, 5.41) is 10.8. The third kappa shape index (κ3) is 3.41. The smallest absolute Gasteiger partial charge is 0.0594 e. The maximum atomic E-state index is 10.8. The summed E-state index contributed by atoms with van der Waals surface area (Å²) < 4.78 is 0. The number of hydrogen-bond donors (Lipinski definition) is 1. The van der Waals surface area contributed by atoms with Gasteiger partial charge in [-0.25, -0.2) is 0 Å². The first-order chi connectivity index (χ1) is 14.8. The molecule has 1 nitrogen and oxygen atoms in total. The second-order valence-electron chi connectivity index (χ2n) is 14.6. The van der Waals surface area contributed by atoms with Gasteiger partial charge in [0, 0.05) is 0 Å². The van der Waals surface area contributed by atoms with Crippen LogP contribution < -0.4 is 0 Å². The van der Waals surface area contributed by atoms with Gasteiger partial charge in [-0.2, -0.15) is 0 Å². The molecule has 0 spiro atoms. The van der Waals surface area contributed by atoms with Crippen molar-refractivity contribution in [1.82, 2.24) is 0 Å². The SMILES string of the molecule is CC(C)C(C)CC[C@@H](C)[C@H]1CC[C@@]2(C)[C@@H]3CC[C@H]4C(C)(C)[C@@H](O)CC[C@]4(C)C3=CC[C@]12C. The lowest BCUT2D eigenvalue weighted by molar-refractivity contribution is -0.118. The van der Waals surface area contributed by atoms with Gasteiger partial charge in [0.15, 0.2) is 0 Å². The van der Waals surface area contributed by atoms with Crippen molar-refractivity contribution in [3.63, 3.8) is 0 Å². The van der Waals surface area contributed by atoms with Crippen LogP contribution in [0.5, 0.6) is 0 Å². The van der Waals surface area contributed by atoms with E-state index in [0.29, 0.717) is 22.2 Å². The molecule has 0 aliphatic heterocycles. The van der Waals surface area contributed by atoms with Crippen LogP contribution in [0.4, 0.5) is 0 Å². The molecule has 0 saturated heterocycles. The van der Waals surface area contributed by atoms with E-state index in [1.54, 1.807) is 0 Å². The Morgan fingerprint density at radius 3 is 2.22 bits per heavy atom. The minimum absolute atomic E-state index is 0.0420. The fourth-order valence-corrected chi connectivity index (χ4v) is 9.73. The van der Waals surface area contributed by atoms with Crippen molar-refractivity contribution in [2.45, 2.75) is 126 Å². The number of fused-ring (bicyclic) bond motifs is 5. The molecule has 184 valence electrons. The van der Waals surface area contributed by atoms with Gasteiger partial charge in [-0.15, -0.1) is 0 Å². The van der Waals surface area contributed by atoms with Crippen molar-refractivity contribution < 1.29 is 5.11 Å². The van der Waals surface area contributed by atoms with Crippen LogP contribution in [-0.4, -0.2) is 11.2 Å². The summed E-state index contributed by atoms with van der Waals surface area (Å²) in [5.74, 6) is 4.76. The highest BCUT2D eigenvalue weighted by molar-refractivity contribution is 5.32. The maximum Gasteiger partial charge on any atom is 0.0594 e. The van der Waals surface area contributed by atoms with Crippen molar-refractivity contribution in [3.05, 3.63) is 11.6 Å². The normalized spacial score (nSPS) is 47.3. The molecule has 0 aromatic carbocycles. The van der Waals surface area contributed by atoms with Crippen molar-refractivity contribution >= 4 is 0 Å². The molecule has 0 bridgehead atoms.